The summed E-state index contributed by atoms with van der Waals surface area (Å²) in [5.41, 5.74) is 30.0. The van der Waals surface area contributed by atoms with Crippen molar-refractivity contribution in [2.75, 3.05) is 0 Å². The summed E-state index contributed by atoms with van der Waals surface area (Å²) in [6.07, 6.45) is 0. The number of benzene rings is 15. The molecule has 0 aliphatic carbocycles. The summed E-state index contributed by atoms with van der Waals surface area (Å²) in [7, 11) is 0. The van der Waals surface area contributed by atoms with Gasteiger partial charge in [-0.25, -0.2) is 59.8 Å². The van der Waals surface area contributed by atoms with Crippen LogP contribution in [0.5, 0.6) is 0 Å². The summed E-state index contributed by atoms with van der Waals surface area (Å²) in [4.78, 5) is 59.6. The predicted molar refractivity (Wildman–Crippen MR) is 555 cm³/mol. The Morgan fingerprint density at radius 3 is 0.822 bits per heavy atom. The normalized spacial score (nSPS) is 10.5. The van der Waals surface area contributed by atoms with Crippen molar-refractivity contribution in [2.45, 2.75) is 48.5 Å². The lowest BCUT2D eigenvalue weighted by molar-refractivity contribution is 0.992. The molecule has 13 heteroatoms. The molecule has 13 nitrogen and oxygen atoms in total. The molecule has 0 aliphatic heterocycles. The van der Waals surface area contributed by atoms with Gasteiger partial charge in [0, 0.05) is 88.9 Å². The monoisotopic (exact) mass is 1750 g/mol. The van der Waals surface area contributed by atoms with Gasteiger partial charge in [0.05, 0.1) is 56.6 Å². The Balaban J connectivity index is 0.000000115. The highest BCUT2D eigenvalue weighted by molar-refractivity contribution is 5.95. The SMILES string of the molecule is Cc1cc(-c2ccccc2)cc(-c2ccccc2)n1.Cc1cc(-c2ccccc2)nc(-c2ccccc2)c1.Cc1cc(-c2ccccc2)nc(-c2ccccc2)n1.Cc1ccc2nc(-c3ccccc3)nc(-c3ccccc3)c2c1.Cc1nc(-c2ccccc2)c2ccccc2n1.Cc1nc(-c2ccccc2)cc(-c2ccccc2)n1.Cc1nc(-c2ccccc2)nc(-c2ccccc2)n1. The average Bonchev–Trinajstić information content (AvgIpc) is 0.778. The van der Waals surface area contributed by atoms with Gasteiger partial charge in [0.2, 0.25) is 0 Å². The van der Waals surface area contributed by atoms with E-state index >= 15 is 0 Å². The summed E-state index contributed by atoms with van der Waals surface area (Å²) in [5.74, 6) is 5.30. The fourth-order valence-electron chi connectivity index (χ4n) is 15.2. The number of pyridine rings is 2. The Kier molecular flexibility index (Phi) is 30.7. The minimum absolute atomic E-state index is 0.715. The number of hydrogen-bond donors (Lipinski definition) is 0. The van der Waals surface area contributed by atoms with E-state index in [2.05, 4.69) is 234 Å². The van der Waals surface area contributed by atoms with Crippen molar-refractivity contribution in [3.8, 4) is 147 Å². The number of nitrogens with zero attached hydrogens (tertiary/aromatic N) is 13. The van der Waals surface area contributed by atoms with Crippen molar-refractivity contribution in [1.82, 2.24) is 64.8 Å². The molecule has 0 radical (unpaired) electrons. The molecule has 135 heavy (non-hydrogen) atoms. The highest BCUT2D eigenvalue weighted by Gasteiger charge is 2.16. The third kappa shape index (κ3) is 25.1. The molecule has 0 saturated carbocycles. The first kappa shape index (κ1) is 90.8. The van der Waals surface area contributed by atoms with Crippen molar-refractivity contribution in [3.05, 3.63) is 513 Å². The zero-order valence-corrected chi connectivity index (χ0v) is 76.3. The molecule has 0 aliphatic rings. The standard InChI is InChI=1S/C21H16N2.2C18H15N.2C17H14N2.C16H13N3.C15H12N2/c1-15-12-13-19-18(14-15)20(16-8-4-2-5-9-16)23-21(22-19)17-10-6-3-7-11-17;1-14-12-17(15-8-4-2-5-9-15)13-18(19-14)16-10-6-3-7-11-16;1-14-12-17(15-8-4-2-5-9-15)19-18(13-14)16-10-6-3-7-11-16;1-13-18-16(14-8-4-2-5-9-14)12-17(19-13)15-10-6-3-7-11-15;1-13-12-16(14-8-4-2-5-9-14)19-17(18-13)15-10-6-3-7-11-15;1-12-17-15(13-8-4-2-5-9-13)19-16(18-12)14-10-6-3-7-11-14;1-11-16-14-10-6-5-9-13(14)15(17-11)12-7-3-2-4-8-12/h2-14H,1H3;2*2-13H,1H3;2*2-12H,1H3;2-11H,1H3;2-10H,1H3. The fourth-order valence-corrected chi connectivity index (χ4v) is 15.2. The quantitative estimate of drug-likeness (QED) is 0.107. The molecular formula is C122H99N13. The summed E-state index contributed by atoms with van der Waals surface area (Å²) >= 11 is 0. The first-order chi connectivity index (χ1) is 66.3. The molecule has 0 unspecified atom stereocenters. The third-order valence-corrected chi connectivity index (χ3v) is 21.7. The zero-order chi connectivity index (χ0) is 92.7. The molecule has 0 N–H and O–H groups in total. The van der Waals surface area contributed by atoms with Gasteiger partial charge in [0.1, 0.15) is 17.5 Å². The third-order valence-electron chi connectivity index (χ3n) is 21.7. The lowest BCUT2D eigenvalue weighted by atomic mass is 10.0. The maximum Gasteiger partial charge on any atom is 0.163 e. The maximum absolute atomic E-state index is 4.87. The highest BCUT2D eigenvalue weighted by Crippen LogP contribution is 2.34. The Labute approximate surface area is 789 Å². The van der Waals surface area contributed by atoms with Gasteiger partial charge in [-0.3, -0.25) is 4.98 Å². The minimum atomic E-state index is 0.715. The number of rotatable bonds is 13. The topological polar surface area (TPSA) is 168 Å². The Morgan fingerprint density at radius 2 is 0.422 bits per heavy atom. The van der Waals surface area contributed by atoms with Gasteiger partial charge >= 0.3 is 0 Å². The smallest absolute Gasteiger partial charge is 0.163 e. The van der Waals surface area contributed by atoms with Crippen LogP contribution in [0.25, 0.3) is 169 Å². The van der Waals surface area contributed by atoms with Gasteiger partial charge < -0.3 is 0 Å². The van der Waals surface area contributed by atoms with Gasteiger partial charge in [0.15, 0.2) is 23.3 Å². The summed E-state index contributed by atoms with van der Waals surface area (Å²) < 4.78 is 0. The number of fused-ring (bicyclic) bond motifs is 2. The van der Waals surface area contributed by atoms with E-state index in [1.54, 1.807) is 0 Å². The van der Waals surface area contributed by atoms with Gasteiger partial charge in [0.25, 0.3) is 0 Å². The van der Waals surface area contributed by atoms with E-state index in [0.29, 0.717) is 11.6 Å². The molecular weight excluding hydrogens is 1650 g/mol. The number of aromatic nitrogens is 13. The largest absolute Gasteiger partial charge is 0.253 e. The van der Waals surface area contributed by atoms with E-state index in [4.69, 9.17) is 15.0 Å². The molecule has 15 aromatic carbocycles. The van der Waals surface area contributed by atoms with Gasteiger partial charge in [-0.15, -0.1) is 0 Å². The second kappa shape index (κ2) is 45.6. The molecule has 0 saturated heterocycles. The molecule has 22 aromatic rings. The van der Waals surface area contributed by atoms with Crippen molar-refractivity contribution in [2.24, 2.45) is 0 Å². The molecule has 0 fully saturated rings. The second-order valence-corrected chi connectivity index (χ2v) is 32.0. The maximum atomic E-state index is 4.87. The molecule has 0 spiro atoms. The second-order valence-electron chi connectivity index (χ2n) is 32.0. The van der Waals surface area contributed by atoms with Crippen molar-refractivity contribution in [3.63, 3.8) is 0 Å². The number of hydrogen-bond acceptors (Lipinski definition) is 13. The highest BCUT2D eigenvalue weighted by atomic mass is 15.0. The van der Waals surface area contributed by atoms with Crippen LogP contribution in [-0.4, -0.2) is 64.8 Å². The van der Waals surface area contributed by atoms with Crippen LogP contribution in [0.2, 0.25) is 0 Å². The zero-order valence-electron chi connectivity index (χ0n) is 76.3. The van der Waals surface area contributed by atoms with E-state index in [-0.39, 0.29) is 0 Å². The fraction of sp³-hybridized carbons (Fsp3) is 0.0574. The minimum Gasteiger partial charge on any atom is -0.253 e. The van der Waals surface area contributed by atoms with Gasteiger partial charge in [-0.2, -0.15) is 0 Å². The number of aryl methyl sites for hydroxylation is 7. The van der Waals surface area contributed by atoms with Crippen molar-refractivity contribution < 1.29 is 0 Å². The molecule has 22 rings (SSSR count). The Morgan fingerprint density at radius 1 is 0.133 bits per heavy atom. The molecule has 652 valence electrons. The summed E-state index contributed by atoms with van der Waals surface area (Å²) in [6, 6.07) is 160. The van der Waals surface area contributed by atoms with Crippen LogP contribution in [0.4, 0.5) is 0 Å². The Bertz CT molecular complexity index is 6530. The molecule has 0 atom stereocenters. The Hall–Kier alpha value is -17.6. The van der Waals surface area contributed by atoms with Crippen LogP contribution in [0.15, 0.2) is 473 Å². The van der Waals surface area contributed by atoms with Crippen LogP contribution >= 0.6 is 0 Å². The van der Waals surface area contributed by atoms with E-state index in [1.165, 1.54) is 22.3 Å². The van der Waals surface area contributed by atoms with Crippen LogP contribution in [-0.2, 0) is 0 Å². The van der Waals surface area contributed by atoms with Gasteiger partial charge in [-0.1, -0.05) is 424 Å². The summed E-state index contributed by atoms with van der Waals surface area (Å²) in [5, 5.41) is 2.19. The van der Waals surface area contributed by atoms with Crippen LogP contribution in [0.1, 0.15) is 40.0 Å². The lowest BCUT2D eigenvalue weighted by Gasteiger charge is -2.10. The first-order valence-electron chi connectivity index (χ1n) is 44.9. The van der Waals surface area contributed by atoms with E-state index in [1.807, 2.05) is 338 Å². The van der Waals surface area contributed by atoms with Crippen LogP contribution in [0.3, 0.4) is 0 Å². The van der Waals surface area contributed by atoms with Crippen molar-refractivity contribution in [1.29, 1.82) is 0 Å². The van der Waals surface area contributed by atoms with Crippen LogP contribution < -0.4 is 0 Å². The summed E-state index contributed by atoms with van der Waals surface area (Å²) in [6.45, 7) is 14.0. The van der Waals surface area contributed by atoms with E-state index in [9.17, 15) is 0 Å². The molecule has 7 heterocycles. The van der Waals surface area contributed by atoms with E-state index < -0.39 is 0 Å². The number of para-hydroxylation sites is 1. The first-order valence-corrected chi connectivity index (χ1v) is 44.9. The molecule has 0 amide bonds. The lowest BCUT2D eigenvalue weighted by Crippen LogP contribution is -1.99. The van der Waals surface area contributed by atoms with Gasteiger partial charge in [-0.05, 0) is 120 Å². The molecule has 0 bridgehead atoms. The average molecular weight is 1750 g/mol. The van der Waals surface area contributed by atoms with Crippen molar-refractivity contribution >= 4 is 21.8 Å². The van der Waals surface area contributed by atoms with E-state index in [0.717, 1.165) is 175 Å². The molecule has 7 aromatic heterocycles. The van der Waals surface area contributed by atoms with Crippen LogP contribution in [0, 0.1) is 48.5 Å². The predicted octanol–water partition coefficient (Wildman–Crippen LogP) is 30.1.